The Morgan fingerprint density at radius 3 is 2.61 bits per heavy atom. The lowest BCUT2D eigenvalue weighted by Crippen LogP contribution is -2.47. The van der Waals surface area contributed by atoms with E-state index in [9.17, 15) is 18.3 Å². The van der Waals surface area contributed by atoms with Crippen LogP contribution >= 0.6 is 11.3 Å². The normalized spacial score (nSPS) is 15.6. The number of hydrogen-bond acceptors (Lipinski definition) is 8. The second kappa shape index (κ2) is 8.71. The number of hydrogen-bond donors (Lipinski definition) is 2. The monoisotopic (exact) mass is 459 g/mol. The summed E-state index contributed by atoms with van der Waals surface area (Å²) in [6.07, 6.45) is 1.65. The quantitative estimate of drug-likeness (QED) is 0.600. The SMILES string of the molecule is CN1CCN(S(=O)(=O)c2cc(O)cc(C(=O)Nc3nc(-c4ccccn4)cs3)c2)CC1. The molecule has 1 saturated heterocycles. The molecule has 1 aliphatic heterocycles. The number of benzene rings is 1. The third-order valence-electron chi connectivity index (χ3n) is 4.91. The minimum Gasteiger partial charge on any atom is -0.508 e. The first-order chi connectivity index (χ1) is 14.8. The predicted octanol–water partition coefficient (Wildman–Crippen LogP) is 2.10. The molecule has 2 aromatic heterocycles. The number of phenols is 1. The van der Waals surface area contributed by atoms with Gasteiger partial charge in [-0.2, -0.15) is 4.31 Å². The topological polar surface area (TPSA) is 116 Å². The largest absolute Gasteiger partial charge is 0.508 e. The highest BCUT2D eigenvalue weighted by Gasteiger charge is 2.28. The molecule has 1 aromatic carbocycles. The van der Waals surface area contributed by atoms with E-state index in [-0.39, 0.29) is 16.2 Å². The standard InChI is InChI=1S/C20H21N5O4S2/c1-24-6-8-25(9-7-24)31(28,29)16-11-14(10-15(26)12-16)19(27)23-20-22-18(13-30-20)17-4-2-3-5-21-17/h2-5,10-13,26H,6-9H2,1H3,(H,22,23,27). The molecule has 3 heterocycles. The molecular formula is C20H21N5O4S2. The maximum atomic E-state index is 13.0. The Kier molecular flexibility index (Phi) is 6.01. The Morgan fingerprint density at radius 2 is 1.90 bits per heavy atom. The summed E-state index contributed by atoms with van der Waals surface area (Å²) in [7, 11) is -1.89. The molecule has 0 spiro atoms. The van der Waals surface area contributed by atoms with Gasteiger partial charge in [-0.05, 0) is 37.4 Å². The van der Waals surface area contributed by atoms with Crippen LogP contribution in [0.4, 0.5) is 5.13 Å². The number of carbonyl (C=O) groups excluding carboxylic acids is 1. The van der Waals surface area contributed by atoms with Crippen LogP contribution in [0.3, 0.4) is 0 Å². The maximum absolute atomic E-state index is 13.0. The fourth-order valence-electron chi connectivity index (χ4n) is 3.17. The minimum atomic E-state index is -3.82. The van der Waals surface area contributed by atoms with Gasteiger partial charge in [0.05, 0.1) is 10.6 Å². The van der Waals surface area contributed by atoms with Gasteiger partial charge in [0.2, 0.25) is 10.0 Å². The molecule has 1 fully saturated rings. The van der Waals surface area contributed by atoms with E-state index in [0.717, 1.165) is 6.07 Å². The Hall–Kier alpha value is -2.86. The van der Waals surface area contributed by atoms with Gasteiger partial charge in [-0.3, -0.25) is 15.1 Å². The van der Waals surface area contributed by atoms with E-state index in [1.54, 1.807) is 17.6 Å². The predicted molar refractivity (Wildman–Crippen MR) is 118 cm³/mol. The van der Waals surface area contributed by atoms with Gasteiger partial charge in [0.15, 0.2) is 5.13 Å². The highest BCUT2D eigenvalue weighted by Crippen LogP contribution is 2.26. The van der Waals surface area contributed by atoms with Crippen molar-refractivity contribution in [3.63, 3.8) is 0 Å². The summed E-state index contributed by atoms with van der Waals surface area (Å²) in [4.78, 5) is 23.2. The van der Waals surface area contributed by atoms with Gasteiger partial charge in [0.25, 0.3) is 5.91 Å². The summed E-state index contributed by atoms with van der Waals surface area (Å²) >= 11 is 1.23. The Bertz CT molecular complexity index is 1190. The Labute approximate surface area is 184 Å². The van der Waals surface area contributed by atoms with Crippen LogP contribution in [0.2, 0.25) is 0 Å². The van der Waals surface area contributed by atoms with E-state index >= 15 is 0 Å². The number of phenolic OH excluding ortho intramolecular Hbond substituents is 1. The molecule has 0 saturated carbocycles. The van der Waals surface area contributed by atoms with Crippen LogP contribution in [0, 0.1) is 0 Å². The van der Waals surface area contributed by atoms with Crippen LogP contribution in [0.5, 0.6) is 5.75 Å². The first-order valence-electron chi connectivity index (χ1n) is 9.54. The lowest BCUT2D eigenvalue weighted by molar-refractivity contribution is 0.102. The molecule has 0 radical (unpaired) electrons. The van der Waals surface area contributed by atoms with Crippen molar-refractivity contribution in [2.45, 2.75) is 4.90 Å². The van der Waals surface area contributed by atoms with Crippen LogP contribution in [0.1, 0.15) is 10.4 Å². The first kappa shape index (κ1) is 21.4. The van der Waals surface area contributed by atoms with Crippen LogP contribution in [0.25, 0.3) is 11.4 Å². The van der Waals surface area contributed by atoms with Gasteiger partial charge in [0.1, 0.15) is 11.4 Å². The highest BCUT2D eigenvalue weighted by atomic mass is 32.2. The second-order valence-electron chi connectivity index (χ2n) is 7.13. The van der Waals surface area contributed by atoms with Crippen molar-refractivity contribution >= 4 is 32.4 Å². The molecule has 0 atom stereocenters. The van der Waals surface area contributed by atoms with Gasteiger partial charge in [-0.15, -0.1) is 11.3 Å². The number of rotatable bonds is 5. The Morgan fingerprint density at radius 1 is 1.13 bits per heavy atom. The molecule has 0 bridgehead atoms. The summed E-state index contributed by atoms with van der Waals surface area (Å²) in [5.74, 6) is -0.860. The number of carbonyl (C=O) groups is 1. The number of amides is 1. The molecule has 4 rings (SSSR count). The second-order valence-corrected chi connectivity index (χ2v) is 9.93. The summed E-state index contributed by atoms with van der Waals surface area (Å²) < 4.78 is 27.3. The number of likely N-dealkylation sites (N-methyl/N-ethyl adjacent to an activating group) is 1. The van der Waals surface area contributed by atoms with Crippen molar-refractivity contribution in [2.75, 3.05) is 38.5 Å². The zero-order valence-corrected chi connectivity index (χ0v) is 18.4. The van der Waals surface area contributed by atoms with E-state index in [1.807, 2.05) is 24.1 Å². The summed E-state index contributed by atoms with van der Waals surface area (Å²) in [6, 6.07) is 9.11. The molecule has 1 aliphatic rings. The number of aromatic hydroxyl groups is 1. The van der Waals surface area contributed by atoms with E-state index in [4.69, 9.17) is 0 Å². The summed E-state index contributed by atoms with van der Waals surface area (Å²) in [6.45, 7) is 1.94. The smallest absolute Gasteiger partial charge is 0.257 e. The van der Waals surface area contributed by atoms with E-state index in [2.05, 4.69) is 15.3 Å². The highest BCUT2D eigenvalue weighted by molar-refractivity contribution is 7.89. The summed E-state index contributed by atoms with van der Waals surface area (Å²) in [5, 5.41) is 14.8. The van der Waals surface area contributed by atoms with Gasteiger partial charge in [0, 0.05) is 43.3 Å². The third kappa shape index (κ3) is 4.74. The van der Waals surface area contributed by atoms with Crippen LogP contribution in [0.15, 0.2) is 52.9 Å². The van der Waals surface area contributed by atoms with E-state index in [1.165, 1.54) is 27.8 Å². The maximum Gasteiger partial charge on any atom is 0.257 e. The van der Waals surface area contributed by atoms with E-state index in [0.29, 0.717) is 42.7 Å². The number of aromatic nitrogens is 2. The van der Waals surface area contributed by atoms with Gasteiger partial charge in [-0.25, -0.2) is 13.4 Å². The molecule has 162 valence electrons. The number of pyridine rings is 1. The van der Waals surface area contributed by atoms with Crippen molar-refractivity contribution in [2.24, 2.45) is 0 Å². The van der Waals surface area contributed by atoms with Crippen LogP contribution in [-0.2, 0) is 10.0 Å². The van der Waals surface area contributed by atoms with Gasteiger partial charge < -0.3 is 10.0 Å². The number of piperazine rings is 1. The molecule has 3 aromatic rings. The van der Waals surface area contributed by atoms with Crippen LogP contribution in [-0.4, -0.2) is 71.8 Å². The van der Waals surface area contributed by atoms with Gasteiger partial charge >= 0.3 is 0 Å². The fourth-order valence-corrected chi connectivity index (χ4v) is 5.36. The zero-order valence-electron chi connectivity index (χ0n) is 16.7. The number of sulfonamides is 1. The Balaban J connectivity index is 1.54. The van der Waals surface area contributed by atoms with Gasteiger partial charge in [-0.1, -0.05) is 6.07 Å². The zero-order chi connectivity index (χ0) is 22.0. The molecule has 9 nitrogen and oxygen atoms in total. The number of nitrogens with one attached hydrogen (secondary N) is 1. The third-order valence-corrected chi connectivity index (χ3v) is 7.54. The number of anilines is 1. The van der Waals surface area contributed by atoms with Crippen molar-refractivity contribution < 1.29 is 18.3 Å². The van der Waals surface area contributed by atoms with Crippen molar-refractivity contribution in [3.05, 3.63) is 53.5 Å². The molecule has 31 heavy (non-hydrogen) atoms. The fraction of sp³-hybridized carbons (Fsp3) is 0.250. The first-order valence-corrected chi connectivity index (χ1v) is 11.9. The molecule has 0 unspecified atom stereocenters. The molecular weight excluding hydrogens is 438 g/mol. The lowest BCUT2D eigenvalue weighted by Gasteiger charge is -2.31. The average Bonchev–Trinajstić information content (AvgIpc) is 3.23. The van der Waals surface area contributed by atoms with Crippen molar-refractivity contribution in [3.8, 4) is 17.1 Å². The number of thiazole rings is 1. The van der Waals surface area contributed by atoms with Crippen molar-refractivity contribution in [1.82, 2.24) is 19.2 Å². The molecule has 2 N–H and O–H groups in total. The molecule has 11 heteroatoms. The molecule has 0 aliphatic carbocycles. The lowest BCUT2D eigenvalue weighted by atomic mass is 10.2. The van der Waals surface area contributed by atoms with Crippen LogP contribution < -0.4 is 5.32 Å². The van der Waals surface area contributed by atoms with Crippen molar-refractivity contribution in [1.29, 1.82) is 0 Å². The number of nitrogens with zero attached hydrogens (tertiary/aromatic N) is 4. The molecule has 1 amide bonds. The minimum absolute atomic E-state index is 0.0299. The van der Waals surface area contributed by atoms with E-state index < -0.39 is 15.9 Å². The summed E-state index contributed by atoms with van der Waals surface area (Å²) in [5.41, 5.74) is 1.33. The average molecular weight is 460 g/mol.